The van der Waals surface area contributed by atoms with Gasteiger partial charge in [-0.1, -0.05) is 0 Å². The smallest absolute Gasteiger partial charge is 0.219 e. The monoisotopic (exact) mass is 279 g/mol. The van der Waals surface area contributed by atoms with E-state index in [1.54, 1.807) is 6.92 Å². The summed E-state index contributed by atoms with van der Waals surface area (Å²) < 4.78 is 38.6. The lowest BCUT2D eigenvalue weighted by molar-refractivity contribution is -0.138. The predicted octanol–water partition coefficient (Wildman–Crippen LogP) is 2.82. The normalized spacial score (nSPS) is 12.3. The van der Waals surface area contributed by atoms with Gasteiger partial charge in [0, 0.05) is 6.20 Å². The fourth-order valence-electron chi connectivity index (χ4n) is 1.21. The minimum atomic E-state index is -4.38. The zero-order valence-corrected chi connectivity index (χ0v) is 9.09. The van der Waals surface area contributed by atoms with Gasteiger partial charge in [-0.25, -0.2) is 9.50 Å². The number of pyridine rings is 1. The van der Waals surface area contributed by atoms with Crippen LogP contribution in [0.25, 0.3) is 5.65 Å². The number of rotatable bonds is 0. The Labute approximate surface area is 91.1 Å². The van der Waals surface area contributed by atoms with Crippen LogP contribution in [-0.4, -0.2) is 14.6 Å². The average Bonchev–Trinajstić information content (AvgIpc) is 2.44. The molecule has 0 atom stereocenters. The number of hydrogen-bond donors (Lipinski definition) is 0. The highest BCUT2D eigenvalue weighted by Crippen LogP contribution is 2.31. The largest absolute Gasteiger partial charge is 0.417 e. The van der Waals surface area contributed by atoms with E-state index in [-0.39, 0.29) is 4.47 Å². The molecule has 2 aromatic rings. The minimum Gasteiger partial charge on any atom is -0.219 e. The Kier molecular flexibility index (Phi) is 2.22. The first-order chi connectivity index (χ1) is 6.88. The second-order valence-electron chi connectivity index (χ2n) is 3.00. The zero-order valence-electron chi connectivity index (χ0n) is 7.51. The van der Waals surface area contributed by atoms with Crippen molar-refractivity contribution in [2.75, 3.05) is 0 Å². The summed E-state index contributed by atoms with van der Waals surface area (Å²) >= 11 is 3.03. The number of fused-ring (bicyclic) bond motifs is 1. The van der Waals surface area contributed by atoms with Crippen LogP contribution in [-0.2, 0) is 6.18 Å². The number of aryl methyl sites for hydroxylation is 1. The first kappa shape index (κ1) is 10.4. The molecule has 0 aliphatic rings. The summed E-state index contributed by atoms with van der Waals surface area (Å²) in [7, 11) is 0. The van der Waals surface area contributed by atoms with Crippen LogP contribution in [0, 0.1) is 6.92 Å². The van der Waals surface area contributed by atoms with Crippen LogP contribution in [0.3, 0.4) is 0 Å². The molecule has 0 amide bonds. The molecule has 0 radical (unpaired) electrons. The molecule has 0 aliphatic heterocycles. The lowest BCUT2D eigenvalue weighted by atomic mass is 10.3. The SMILES string of the molecule is Cc1nc2c(Br)cc(C(F)(F)F)cn2n1. The second kappa shape index (κ2) is 3.19. The van der Waals surface area contributed by atoms with Gasteiger partial charge in [-0.2, -0.15) is 18.3 Å². The molecule has 0 aromatic carbocycles. The number of halogens is 4. The number of hydrogen-bond acceptors (Lipinski definition) is 2. The van der Waals surface area contributed by atoms with Gasteiger partial charge in [-0.05, 0) is 28.9 Å². The molecule has 0 saturated heterocycles. The maximum atomic E-state index is 12.4. The zero-order chi connectivity index (χ0) is 11.2. The van der Waals surface area contributed by atoms with Crippen LogP contribution in [0.4, 0.5) is 13.2 Å². The Bertz CT molecular complexity index is 518. The van der Waals surface area contributed by atoms with Crippen molar-refractivity contribution in [3.05, 3.63) is 28.1 Å². The maximum absolute atomic E-state index is 12.4. The van der Waals surface area contributed by atoms with Gasteiger partial charge < -0.3 is 0 Å². The Morgan fingerprint density at radius 1 is 1.40 bits per heavy atom. The van der Waals surface area contributed by atoms with E-state index >= 15 is 0 Å². The standard InChI is InChI=1S/C8H5BrF3N3/c1-4-13-7-6(9)2-5(8(10,11)12)3-15(7)14-4/h2-3H,1H3. The Balaban J connectivity index is 2.72. The first-order valence-corrected chi connectivity index (χ1v) is 4.77. The molecule has 0 N–H and O–H groups in total. The van der Waals surface area contributed by atoms with Gasteiger partial charge in [-0.15, -0.1) is 0 Å². The molecule has 80 valence electrons. The van der Waals surface area contributed by atoms with E-state index in [0.29, 0.717) is 11.5 Å². The van der Waals surface area contributed by atoms with E-state index in [1.807, 2.05) is 0 Å². The first-order valence-electron chi connectivity index (χ1n) is 3.97. The van der Waals surface area contributed by atoms with Gasteiger partial charge in [-0.3, -0.25) is 0 Å². The number of aromatic nitrogens is 3. The van der Waals surface area contributed by atoms with Gasteiger partial charge in [0.05, 0.1) is 10.0 Å². The molecular weight excluding hydrogens is 275 g/mol. The fourth-order valence-corrected chi connectivity index (χ4v) is 1.73. The van der Waals surface area contributed by atoms with E-state index in [0.717, 1.165) is 16.8 Å². The van der Waals surface area contributed by atoms with Crippen molar-refractivity contribution in [2.45, 2.75) is 13.1 Å². The summed E-state index contributed by atoms with van der Waals surface area (Å²) in [5, 5.41) is 3.82. The quantitative estimate of drug-likeness (QED) is 0.742. The van der Waals surface area contributed by atoms with Crippen LogP contribution in [0.5, 0.6) is 0 Å². The van der Waals surface area contributed by atoms with Crippen molar-refractivity contribution < 1.29 is 13.2 Å². The average molecular weight is 280 g/mol. The highest BCUT2D eigenvalue weighted by molar-refractivity contribution is 9.10. The molecule has 0 saturated carbocycles. The van der Waals surface area contributed by atoms with Gasteiger partial charge in [0.2, 0.25) is 0 Å². The van der Waals surface area contributed by atoms with Crippen LogP contribution in [0.15, 0.2) is 16.7 Å². The molecule has 0 bridgehead atoms. The summed E-state index contributed by atoms with van der Waals surface area (Å²) in [6, 6.07) is 0.990. The van der Waals surface area contributed by atoms with Crippen LogP contribution >= 0.6 is 15.9 Å². The van der Waals surface area contributed by atoms with E-state index in [1.165, 1.54) is 0 Å². The van der Waals surface area contributed by atoms with Gasteiger partial charge in [0.15, 0.2) is 5.65 Å². The van der Waals surface area contributed by atoms with E-state index < -0.39 is 11.7 Å². The lowest BCUT2D eigenvalue weighted by Crippen LogP contribution is -2.07. The van der Waals surface area contributed by atoms with Crippen molar-refractivity contribution in [2.24, 2.45) is 0 Å². The molecule has 15 heavy (non-hydrogen) atoms. The number of alkyl halides is 3. The molecule has 2 aromatic heterocycles. The molecular formula is C8H5BrF3N3. The Morgan fingerprint density at radius 3 is 2.67 bits per heavy atom. The topological polar surface area (TPSA) is 30.2 Å². The van der Waals surface area contributed by atoms with E-state index in [2.05, 4.69) is 26.0 Å². The van der Waals surface area contributed by atoms with Crippen molar-refractivity contribution >= 4 is 21.6 Å². The molecule has 0 aliphatic carbocycles. The number of nitrogens with zero attached hydrogens (tertiary/aromatic N) is 3. The van der Waals surface area contributed by atoms with Crippen molar-refractivity contribution in [1.82, 2.24) is 14.6 Å². The van der Waals surface area contributed by atoms with Crippen LogP contribution in [0.2, 0.25) is 0 Å². The van der Waals surface area contributed by atoms with Gasteiger partial charge in [0.25, 0.3) is 0 Å². The maximum Gasteiger partial charge on any atom is 0.417 e. The van der Waals surface area contributed by atoms with Crippen molar-refractivity contribution in [1.29, 1.82) is 0 Å². The molecule has 0 spiro atoms. The molecule has 2 rings (SSSR count). The third-order valence-corrected chi connectivity index (χ3v) is 2.41. The lowest BCUT2D eigenvalue weighted by Gasteiger charge is -2.06. The van der Waals surface area contributed by atoms with Crippen molar-refractivity contribution in [3.63, 3.8) is 0 Å². The second-order valence-corrected chi connectivity index (χ2v) is 3.86. The highest BCUT2D eigenvalue weighted by Gasteiger charge is 2.31. The molecule has 0 unspecified atom stereocenters. The van der Waals surface area contributed by atoms with E-state index in [4.69, 9.17) is 0 Å². The summed E-state index contributed by atoms with van der Waals surface area (Å²) in [6.45, 7) is 1.62. The fraction of sp³-hybridized carbons (Fsp3) is 0.250. The highest BCUT2D eigenvalue weighted by atomic mass is 79.9. The molecule has 2 heterocycles. The van der Waals surface area contributed by atoms with Crippen LogP contribution in [0.1, 0.15) is 11.4 Å². The van der Waals surface area contributed by atoms with Crippen LogP contribution < -0.4 is 0 Å². The van der Waals surface area contributed by atoms with Crippen molar-refractivity contribution in [3.8, 4) is 0 Å². The van der Waals surface area contributed by atoms with Gasteiger partial charge in [0.1, 0.15) is 5.82 Å². The molecule has 3 nitrogen and oxygen atoms in total. The predicted molar refractivity (Wildman–Crippen MR) is 50.4 cm³/mol. The van der Waals surface area contributed by atoms with E-state index in [9.17, 15) is 13.2 Å². The third kappa shape index (κ3) is 1.83. The summed E-state index contributed by atoms with van der Waals surface area (Å²) in [5.74, 6) is 0.426. The molecule has 0 fully saturated rings. The Morgan fingerprint density at radius 2 is 2.07 bits per heavy atom. The minimum absolute atomic E-state index is 0.276. The third-order valence-electron chi connectivity index (χ3n) is 1.82. The van der Waals surface area contributed by atoms with Gasteiger partial charge >= 0.3 is 6.18 Å². The summed E-state index contributed by atoms with van der Waals surface area (Å²) in [4.78, 5) is 3.97. The Hall–Kier alpha value is -1.11. The summed E-state index contributed by atoms with van der Waals surface area (Å²) in [5.41, 5.74) is -0.382. The molecule has 7 heteroatoms. The summed E-state index contributed by atoms with van der Waals surface area (Å²) in [6.07, 6.45) is -3.46.